The van der Waals surface area contributed by atoms with E-state index in [2.05, 4.69) is 4.74 Å². The van der Waals surface area contributed by atoms with Crippen LogP contribution in [0.5, 0.6) is 0 Å². The summed E-state index contributed by atoms with van der Waals surface area (Å²) >= 11 is 0. The van der Waals surface area contributed by atoms with E-state index in [1.54, 1.807) is 0 Å². The Bertz CT molecular complexity index is 344. The Balaban J connectivity index is 3.07. The van der Waals surface area contributed by atoms with E-state index in [-0.39, 0.29) is 0 Å². The Kier molecular flexibility index (Phi) is 6.34. The second-order valence-electron chi connectivity index (χ2n) is 4.16. The highest BCUT2D eigenvalue weighted by Gasteiger charge is 2.52. The predicted octanol–water partition coefficient (Wildman–Crippen LogP) is -0.508. The SMILES string of the molecule is COC(=O)[C@@H]1O[C@H](OC)[C@@H](OC)[C@@H](OC(C)=O)[C@H]1OC. The number of rotatable bonds is 5. The van der Waals surface area contributed by atoms with Crippen molar-refractivity contribution in [3.05, 3.63) is 0 Å². The van der Waals surface area contributed by atoms with E-state index >= 15 is 0 Å². The van der Waals surface area contributed by atoms with Gasteiger partial charge in [-0.1, -0.05) is 0 Å². The molecule has 5 atom stereocenters. The topological polar surface area (TPSA) is 89.5 Å². The molecule has 1 fully saturated rings. The van der Waals surface area contributed by atoms with Crippen molar-refractivity contribution in [1.82, 2.24) is 0 Å². The van der Waals surface area contributed by atoms with Crippen molar-refractivity contribution in [3.8, 4) is 0 Å². The lowest BCUT2D eigenvalue weighted by molar-refractivity contribution is -0.298. The maximum atomic E-state index is 11.8. The summed E-state index contributed by atoms with van der Waals surface area (Å²) in [5.74, 6) is -1.18. The molecule has 8 nitrogen and oxygen atoms in total. The smallest absolute Gasteiger partial charge is 0.338 e. The van der Waals surface area contributed by atoms with Gasteiger partial charge in [0, 0.05) is 28.3 Å². The highest BCUT2D eigenvalue weighted by atomic mass is 16.7. The van der Waals surface area contributed by atoms with E-state index in [0.717, 1.165) is 0 Å². The molecule has 1 saturated heterocycles. The normalized spacial score (nSPS) is 33.5. The van der Waals surface area contributed by atoms with Gasteiger partial charge in [0.15, 0.2) is 18.5 Å². The van der Waals surface area contributed by atoms with Crippen LogP contribution in [0.1, 0.15) is 6.92 Å². The minimum absolute atomic E-state index is 0.528. The van der Waals surface area contributed by atoms with E-state index in [9.17, 15) is 9.59 Å². The van der Waals surface area contributed by atoms with Crippen molar-refractivity contribution in [2.24, 2.45) is 0 Å². The van der Waals surface area contributed by atoms with Crippen molar-refractivity contribution < 1.29 is 38.0 Å². The van der Waals surface area contributed by atoms with Crippen molar-refractivity contribution in [2.75, 3.05) is 28.4 Å². The van der Waals surface area contributed by atoms with Crippen LogP contribution in [0.15, 0.2) is 0 Å². The molecule has 0 bridgehead atoms. The summed E-state index contributed by atoms with van der Waals surface area (Å²) in [5.41, 5.74) is 0. The maximum absolute atomic E-state index is 11.8. The molecule has 0 saturated carbocycles. The fourth-order valence-corrected chi connectivity index (χ4v) is 2.14. The van der Waals surface area contributed by atoms with E-state index < -0.39 is 42.6 Å². The van der Waals surface area contributed by atoms with Crippen LogP contribution in [-0.2, 0) is 38.0 Å². The van der Waals surface area contributed by atoms with Crippen molar-refractivity contribution >= 4 is 11.9 Å². The zero-order valence-corrected chi connectivity index (χ0v) is 12.2. The molecule has 20 heavy (non-hydrogen) atoms. The standard InChI is InChI=1S/C12H20O8/c1-6(13)19-8-7(15-2)9(11(14)17-4)20-12(18-5)10(8)16-3/h7-10,12H,1-5H3/t7-,8+,9-,10+,12+/m1/s1. The lowest BCUT2D eigenvalue weighted by Crippen LogP contribution is -2.62. The van der Waals surface area contributed by atoms with Gasteiger partial charge in [-0.3, -0.25) is 4.79 Å². The molecule has 1 aliphatic rings. The van der Waals surface area contributed by atoms with Gasteiger partial charge >= 0.3 is 11.9 Å². The summed E-state index contributed by atoms with van der Waals surface area (Å²) in [4.78, 5) is 23.0. The Morgan fingerprint density at radius 2 is 1.50 bits per heavy atom. The van der Waals surface area contributed by atoms with Crippen molar-refractivity contribution in [1.29, 1.82) is 0 Å². The largest absolute Gasteiger partial charge is 0.467 e. The Labute approximate surface area is 117 Å². The van der Waals surface area contributed by atoms with Crippen LogP contribution in [-0.4, -0.2) is 71.1 Å². The number of ether oxygens (including phenoxy) is 6. The van der Waals surface area contributed by atoms with Gasteiger partial charge in [-0.05, 0) is 0 Å². The molecule has 8 heteroatoms. The lowest BCUT2D eigenvalue weighted by atomic mass is 9.98. The Morgan fingerprint density at radius 3 is 1.90 bits per heavy atom. The number of esters is 2. The van der Waals surface area contributed by atoms with Crippen LogP contribution in [0.4, 0.5) is 0 Å². The molecule has 0 aromatic heterocycles. The molecule has 0 spiro atoms. The van der Waals surface area contributed by atoms with Gasteiger partial charge in [0.05, 0.1) is 7.11 Å². The van der Waals surface area contributed by atoms with Crippen LogP contribution >= 0.6 is 0 Å². The monoisotopic (exact) mass is 292 g/mol. The molecule has 1 aliphatic heterocycles. The van der Waals surface area contributed by atoms with E-state index in [0.29, 0.717) is 0 Å². The van der Waals surface area contributed by atoms with Gasteiger partial charge in [0.25, 0.3) is 0 Å². The summed E-state index contributed by atoms with van der Waals surface area (Å²) < 4.78 is 30.9. The fourth-order valence-electron chi connectivity index (χ4n) is 2.14. The number of hydrogen-bond donors (Lipinski definition) is 0. The van der Waals surface area contributed by atoms with Gasteiger partial charge in [0.2, 0.25) is 0 Å². The number of carbonyl (C=O) groups excluding carboxylic acids is 2. The second-order valence-corrected chi connectivity index (χ2v) is 4.16. The van der Waals surface area contributed by atoms with Crippen LogP contribution in [0, 0.1) is 0 Å². The zero-order valence-electron chi connectivity index (χ0n) is 12.2. The number of methoxy groups -OCH3 is 4. The van der Waals surface area contributed by atoms with Crippen LogP contribution in [0.3, 0.4) is 0 Å². The first-order valence-electron chi connectivity index (χ1n) is 5.99. The van der Waals surface area contributed by atoms with Gasteiger partial charge in [0.1, 0.15) is 12.2 Å². The quantitative estimate of drug-likeness (QED) is 0.626. The van der Waals surface area contributed by atoms with Gasteiger partial charge in [-0.15, -0.1) is 0 Å². The molecular formula is C12H20O8. The van der Waals surface area contributed by atoms with E-state index in [1.807, 2.05) is 0 Å². The molecule has 0 aromatic rings. The first-order chi connectivity index (χ1) is 9.49. The van der Waals surface area contributed by atoms with Crippen LogP contribution in [0.2, 0.25) is 0 Å². The molecule has 0 unspecified atom stereocenters. The van der Waals surface area contributed by atoms with Crippen LogP contribution in [0.25, 0.3) is 0 Å². The summed E-state index contributed by atoms with van der Waals surface area (Å²) in [6.07, 6.45) is -4.41. The lowest BCUT2D eigenvalue weighted by Gasteiger charge is -2.42. The van der Waals surface area contributed by atoms with Crippen LogP contribution < -0.4 is 0 Å². The minimum atomic E-state index is -1.08. The summed E-state index contributed by atoms with van der Waals surface area (Å²) in [7, 11) is 5.41. The molecule has 0 aromatic carbocycles. The third-order valence-corrected chi connectivity index (χ3v) is 3.01. The Morgan fingerprint density at radius 1 is 0.900 bits per heavy atom. The molecule has 1 heterocycles. The van der Waals surface area contributed by atoms with Gasteiger partial charge in [-0.25, -0.2) is 4.79 Å². The maximum Gasteiger partial charge on any atom is 0.338 e. The third kappa shape index (κ3) is 3.45. The molecule has 0 radical (unpaired) electrons. The summed E-state index contributed by atoms with van der Waals surface area (Å²) in [6, 6.07) is 0. The van der Waals surface area contributed by atoms with Gasteiger partial charge in [-0.2, -0.15) is 0 Å². The third-order valence-electron chi connectivity index (χ3n) is 3.01. The first kappa shape index (κ1) is 16.8. The molecule has 0 amide bonds. The molecular weight excluding hydrogens is 272 g/mol. The molecule has 0 aliphatic carbocycles. The Hall–Kier alpha value is -1.22. The number of carbonyl (C=O) groups is 2. The minimum Gasteiger partial charge on any atom is -0.467 e. The zero-order chi connectivity index (χ0) is 15.3. The highest BCUT2D eigenvalue weighted by Crippen LogP contribution is 2.28. The summed E-state index contributed by atoms with van der Waals surface area (Å²) in [5, 5.41) is 0. The second kappa shape index (κ2) is 7.53. The van der Waals surface area contributed by atoms with Gasteiger partial charge < -0.3 is 28.4 Å². The fraction of sp³-hybridized carbons (Fsp3) is 0.833. The highest BCUT2D eigenvalue weighted by molar-refractivity contribution is 5.76. The molecule has 1 rings (SSSR count). The summed E-state index contributed by atoms with van der Waals surface area (Å²) in [6.45, 7) is 1.25. The predicted molar refractivity (Wildman–Crippen MR) is 64.8 cm³/mol. The average Bonchev–Trinajstić information content (AvgIpc) is 2.44. The molecule has 116 valence electrons. The molecule has 0 N–H and O–H groups in total. The van der Waals surface area contributed by atoms with E-state index in [1.165, 1.54) is 35.4 Å². The van der Waals surface area contributed by atoms with Crippen molar-refractivity contribution in [2.45, 2.75) is 37.6 Å². The first-order valence-corrected chi connectivity index (χ1v) is 5.99. The van der Waals surface area contributed by atoms with Crippen molar-refractivity contribution in [3.63, 3.8) is 0 Å². The van der Waals surface area contributed by atoms with E-state index in [4.69, 9.17) is 23.7 Å². The number of hydrogen-bond acceptors (Lipinski definition) is 8. The average molecular weight is 292 g/mol.